The Hall–Kier alpha value is -1.59. The SMILES string of the molecule is COc1cccc(C(=O)C2CC2CN(C)CCC(O)c2ccc(Cl)c(Cl)c2)c1. The van der Waals surface area contributed by atoms with Crippen molar-refractivity contribution in [3.05, 3.63) is 63.6 Å². The van der Waals surface area contributed by atoms with Crippen molar-refractivity contribution in [1.82, 2.24) is 4.90 Å². The maximum absolute atomic E-state index is 12.6. The molecule has 2 aromatic carbocycles. The molecule has 0 heterocycles. The summed E-state index contributed by atoms with van der Waals surface area (Å²) in [5, 5.41) is 11.3. The number of halogens is 2. The number of aliphatic hydroxyl groups is 1. The lowest BCUT2D eigenvalue weighted by Gasteiger charge is -2.19. The van der Waals surface area contributed by atoms with Gasteiger partial charge in [-0.2, -0.15) is 0 Å². The van der Waals surface area contributed by atoms with E-state index >= 15 is 0 Å². The van der Waals surface area contributed by atoms with Crippen molar-refractivity contribution in [2.75, 3.05) is 27.2 Å². The van der Waals surface area contributed by atoms with Crippen molar-refractivity contribution >= 4 is 29.0 Å². The molecule has 1 saturated carbocycles. The van der Waals surface area contributed by atoms with Gasteiger partial charge in [-0.25, -0.2) is 0 Å². The number of benzene rings is 2. The fraction of sp³-hybridized carbons (Fsp3) is 0.409. The second-order valence-corrected chi connectivity index (χ2v) is 8.25. The summed E-state index contributed by atoms with van der Waals surface area (Å²) in [6, 6.07) is 12.5. The monoisotopic (exact) mass is 421 g/mol. The van der Waals surface area contributed by atoms with Gasteiger partial charge >= 0.3 is 0 Å². The van der Waals surface area contributed by atoms with Crippen molar-refractivity contribution in [2.24, 2.45) is 11.8 Å². The Balaban J connectivity index is 1.46. The van der Waals surface area contributed by atoms with E-state index in [1.807, 2.05) is 25.2 Å². The van der Waals surface area contributed by atoms with Crippen LogP contribution in [0.5, 0.6) is 5.75 Å². The van der Waals surface area contributed by atoms with Gasteiger partial charge in [-0.15, -0.1) is 0 Å². The Morgan fingerprint density at radius 3 is 2.75 bits per heavy atom. The summed E-state index contributed by atoms with van der Waals surface area (Å²) < 4.78 is 5.20. The van der Waals surface area contributed by atoms with Crippen LogP contribution in [0.25, 0.3) is 0 Å². The molecule has 6 heteroatoms. The van der Waals surface area contributed by atoms with E-state index in [9.17, 15) is 9.90 Å². The summed E-state index contributed by atoms with van der Waals surface area (Å²) in [5.41, 5.74) is 1.48. The average molecular weight is 422 g/mol. The van der Waals surface area contributed by atoms with E-state index in [4.69, 9.17) is 27.9 Å². The average Bonchev–Trinajstić information content (AvgIpc) is 3.46. The van der Waals surface area contributed by atoms with Gasteiger partial charge in [0, 0.05) is 24.6 Å². The van der Waals surface area contributed by atoms with Crippen molar-refractivity contribution in [2.45, 2.75) is 18.9 Å². The summed E-state index contributed by atoms with van der Waals surface area (Å²) in [7, 11) is 3.62. The van der Waals surface area contributed by atoms with Crippen LogP contribution in [0.1, 0.15) is 34.9 Å². The molecule has 3 rings (SSSR count). The molecule has 0 spiro atoms. The number of methoxy groups -OCH3 is 1. The van der Waals surface area contributed by atoms with Gasteiger partial charge in [0.15, 0.2) is 5.78 Å². The number of hydrogen-bond acceptors (Lipinski definition) is 4. The number of nitrogens with zero attached hydrogens (tertiary/aromatic N) is 1. The maximum Gasteiger partial charge on any atom is 0.166 e. The first kappa shape index (κ1) is 21.1. The lowest BCUT2D eigenvalue weighted by molar-refractivity contribution is 0.0955. The highest BCUT2D eigenvalue weighted by molar-refractivity contribution is 6.42. The van der Waals surface area contributed by atoms with Crippen LogP contribution in [0.3, 0.4) is 0 Å². The normalized spacial score (nSPS) is 19.5. The van der Waals surface area contributed by atoms with E-state index < -0.39 is 6.10 Å². The van der Waals surface area contributed by atoms with Crippen LogP contribution < -0.4 is 4.74 Å². The van der Waals surface area contributed by atoms with Gasteiger partial charge in [-0.05, 0) is 55.6 Å². The summed E-state index contributed by atoms with van der Waals surface area (Å²) in [6.45, 7) is 1.58. The van der Waals surface area contributed by atoms with Gasteiger partial charge < -0.3 is 14.7 Å². The predicted molar refractivity (Wildman–Crippen MR) is 112 cm³/mol. The molecule has 4 nitrogen and oxygen atoms in total. The first-order valence-corrected chi connectivity index (χ1v) is 10.1. The van der Waals surface area contributed by atoms with Gasteiger partial charge in [-0.3, -0.25) is 4.79 Å². The van der Waals surface area contributed by atoms with E-state index in [0.29, 0.717) is 33.7 Å². The summed E-state index contributed by atoms with van der Waals surface area (Å²) in [5.74, 6) is 1.34. The molecule has 1 fully saturated rings. The van der Waals surface area contributed by atoms with Gasteiger partial charge in [-0.1, -0.05) is 41.4 Å². The predicted octanol–water partition coefficient (Wildman–Crippen LogP) is 4.88. The maximum atomic E-state index is 12.6. The Kier molecular flexibility index (Phi) is 7.00. The first-order valence-electron chi connectivity index (χ1n) is 9.39. The molecule has 3 atom stereocenters. The zero-order valence-corrected chi connectivity index (χ0v) is 17.6. The van der Waals surface area contributed by atoms with Crippen molar-refractivity contribution in [3.63, 3.8) is 0 Å². The van der Waals surface area contributed by atoms with Crippen molar-refractivity contribution in [1.29, 1.82) is 0 Å². The fourth-order valence-electron chi connectivity index (χ4n) is 3.48. The standard InChI is InChI=1S/C22H25Cl2NO3/c1-25(9-8-21(26)14-6-7-19(23)20(24)12-14)13-16-11-18(16)22(27)15-4-3-5-17(10-15)28-2/h3-7,10,12,16,18,21,26H,8-9,11,13H2,1-2H3. The quantitative estimate of drug-likeness (QED) is 0.586. The molecule has 150 valence electrons. The molecule has 0 radical (unpaired) electrons. The second kappa shape index (κ2) is 9.27. The van der Waals surface area contributed by atoms with Crippen molar-refractivity contribution < 1.29 is 14.6 Å². The van der Waals surface area contributed by atoms with Crippen LogP contribution in [0.4, 0.5) is 0 Å². The third-order valence-electron chi connectivity index (χ3n) is 5.27. The number of rotatable bonds is 9. The molecule has 1 aliphatic carbocycles. The Bertz CT molecular complexity index is 842. The molecule has 0 saturated heterocycles. The lowest BCUT2D eigenvalue weighted by Crippen LogP contribution is -2.24. The molecule has 28 heavy (non-hydrogen) atoms. The van der Waals surface area contributed by atoms with Crippen LogP contribution in [0.2, 0.25) is 10.0 Å². The smallest absolute Gasteiger partial charge is 0.166 e. The van der Waals surface area contributed by atoms with Crippen LogP contribution >= 0.6 is 23.2 Å². The number of hydrogen-bond donors (Lipinski definition) is 1. The number of aliphatic hydroxyl groups excluding tert-OH is 1. The molecular weight excluding hydrogens is 397 g/mol. The second-order valence-electron chi connectivity index (χ2n) is 7.44. The minimum atomic E-state index is -0.592. The third kappa shape index (κ3) is 5.26. The van der Waals surface area contributed by atoms with Gasteiger partial charge in [0.2, 0.25) is 0 Å². The van der Waals surface area contributed by atoms with Crippen LogP contribution in [0, 0.1) is 11.8 Å². The fourth-order valence-corrected chi connectivity index (χ4v) is 3.79. The van der Waals surface area contributed by atoms with Gasteiger partial charge in [0.25, 0.3) is 0 Å². The Morgan fingerprint density at radius 2 is 2.04 bits per heavy atom. The number of carbonyl (C=O) groups is 1. The van der Waals surface area contributed by atoms with E-state index in [0.717, 1.165) is 25.1 Å². The number of ketones is 1. The Labute approximate surface area is 176 Å². The first-order chi connectivity index (χ1) is 13.4. The largest absolute Gasteiger partial charge is 0.497 e. The number of carbonyl (C=O) groups excluding carboxylic acids is 1. The molecule has 3 unspecified atom stereocenters. The third-order valence-corrected chi connectivity index (χ3v) is 6.01. The van der Waals surface area contributed by atoms with Crippen LogP contribution in [0.15, 0.2) is 42.5 Å². The van der Waals surface area contributed by atoms with Crippen LogP contribution in [-0.2, 0) is 0 Å². The molecule has 0 bridgehead atoms. The zero-order valence-electron chi connectivity index (χ0n) is 16.1. The van der Waals surface area contributed by atoms with E-state index in [2.05, 4.69) is 4.90 Å². The molecule has 0 aromatic heterocycles. The number of ether oxygens (including phenoxy) is 1. The van der Waals surface area contributed by atoms with E-state index in [1.165, 1.54) is 0 Å². The summed E-state index contributed by atoms with van der Waals surface area (Å²) in [6.07, 6.45) is 0.913. The lowest BCUT2D eigenvalue weighted by atomic mass is 10.1. The highest BCUT2D eigenvalue weighted by Gasteiger charge is 2.43. The molecule has 0 aliphatic heterocycles. The summed E-state index contributed by atoms with van der Waals surface area (Å²) in [4.78, 5) is 14.8. The minimum absolute atomic E-state index is 0.0783. The molecule has 2 aromatic rings. The number of Topliss-reactive ketones (excluding diaryl/α,β-unsaturated/α-hetero) is 1. The summed E-state index contributed by atoms with van der Waals surface area (Å²) >= 11 is 11.9. The minimum Gasteiger partial charge on any atom is -0.497 e. The highest BCUT2D eigenvalue weighted by atomic mass is 35.5. The molecular formula is C22H25Cl2NO3. The van der Waals surface area contributed by atoms with E-state index in [-0.39, 0.29) is 11.7 Å². The molecule has 1 N–H and O–H groups in total. The molecule has 0 amide bonds. The highest BCUT2D eigenvalue weighted by Crippen LogP contribution is 2.41. The zero-order chi connectivity index (χ0) is 20.3. The van der Waals surface area contributed by atoms with Gasteiger partial charge in [0.1, 0.15) is 5.75 Å². The van der Waals surface area contributed by atoms with Gasteiger partial charge in [0.05, 0.1) is 23.3 Å². The van der Waals surface area contributed by atoms with Crippen molar-refractivity contribution in [3.8, 4) is 5.75 Å². The van der Waals surface area contributed by atoms with Crippen LogP contribution in [-0.4, -0.2) is 43.0 Å². The van der Waals surface area contributed by atoms with E-state index in [1.54, 1.807) is 31.4 Å². The Morgan fingerprint density at radius 1 is 1.25 bits per heavy atom. The topological polar surface area (TPSA) is 49.8 Å². The molecule has 1 aliphatic rings.